The molecule has 6 nitrogen and oxygen atoms in total. The summed E-state index contributed by atoms with van der Waals surface area (Å²) < 4.78 is 10.9. The molecule has 1 aromatic heterocycles. The minimum Gasteiger partial charge on any atom is -0.494 e. The highest BCUT2D eigenvalue weighted by Gasteiger charge is 2.12. The number of nitrogens with one attached hydrogen (secondary N) is 2. The molecule has 3 aromatic rings. The van der Waals surface area contributed by atoms with Gasteiger partial charge in [-0.25, -0.2) is 0 Å². The summed E-state index contributed by atoms with van der Waals surface area (Å²) in [6.07, 6.45) is 0. The highest BCUT2D eigenvalue weighted by atomic mass is 35.5. The molecule has 0 spiro atoms. The van der Waals surface area contributed by atoms with Crippen molar-refractivity contribution in [2.75, 3.05) is 11.9 Å². The molecule has 0 fully saturated rings. The molecule has 0 aliphatic rings. The number of anilines is 1. The third-order valence-corrected chi connectivity index (χ3v) is 4.50. The van der Waals surface area contributed by atoms with Gasteiger partial charge in [-0.3, -0.25) is 10.1 Å². The zero-order valence-electron chi connectivity index (χ0n) is 15.6. The molecule has 0 radical (unpaired) electrons. The van der Waals surface area contributed by atoms with Gasteiger partial charge in [-0.1, -0.05) is 11.6 Å². The van der Waals surface area contributed by atoms with Crippen molar-refractivity contribution in [2.45, 2.75) is 13.5 Å². The van der Waals surface area contributed by atoms with E-state index in [-0.39, 0.29) is 17.6 Å². The van der Waals surface area contributed by atoms with E-state index in [0.29, 0.717) is 45.7 Å². The van der Waals surface area contributed by atoms with Crippen LogP contribution in [-0.4, -0.2) is 22.7 Å². The van der Waals surface area contributed by atoms with Crippen molar-refractivity contribution in [3.8, 4) is 17.1 Å². The van der Waals surface area contributed by atoms with E-state index in [0.717, 1.165) is 0 Å². The van der Waals surface area contributed by atoms with Crippen LogP contribution in [0.2, 0.25) is 5.02 Å². The zero-order chi connectivity index (χ0) is 20.8. The predicted molar refractivity (Wildman–Crippen MR) is 116 cm³/mol. The van der Waals surface area contributed by atoms with Crippen LogP contribution in [-0.2, 0) is 6.61 Å². The molecule has 1 heterocycles. The van der Waals surface area contributed by atoms with Gasteiger partial charge in [0.2, 0.25) is 0 Å². The fourth-order valence-electron chi connectivity index (χ4n) is 2.61. The minimum absolute atomic E-state index is 0.146. The largest absolute Gasteiger partial charge is 0.494 e. The number of halogens is 1. The van der Waals surface area contributed by atoms with Crippen molar-refractivity contribution >= 4 is 40.5 Å². The summed E-state index contributed by atoms with van der Waals surface area (Å²) in [6, 6.07) is 15.4. The molecule has 3 rings (SSSR count). The summed E-state index contributed by atoms with van der Waals surface area (Å²) in [5, 5.41) is 15.4. The quantitative estimate of drug-likeness (QED) is 0.495. The Hall–Kier alpha value is -2.87. The van der Waals surface area contributed by atoms with Crippen LogP contribution < -0.4 is 15.4 Å². The van der Waals surface area contributed by atoms with Crippen molar-refractivity contribution in [3.05, 3.63) is 70.9 Å². The van der Waals surface area contributed by atoms with Gasteiger partial charge in [0.15, 0.2) is 5.11 Å². The van der Waals surface area contributed by atoms with Gasteiger partial charge in [0.1, 0.15) is 23.9 Å². The number of aliphatic hydroxyl groups excluding tert-OH is 1. The number of aliphatic hydroxyl groups is 1. The third-order valence-electron chi connectivity index (χ3n) is 3.96. The second kappa shape index (κ2) is 9.56. The number of hydrogen-bond donors (Lipinski definition) is 3. The number of furan rings is 1. The lowest BCUT2D eigenvalue weighted by Gasteiger charge is -2.11. The first kappa shape index (κ1) is 20.9. The standard InChI is InChI=1S/C21H19ClN2O4S/c1-2-27-15-6-3-13(4-7-15)20(26)24-21(29)23-14-5-9-18(22)17(11-14)19-10-8-16(12-25)28-19/h3-11,25H,2,12H2,1H3,(H2,23,24,26,29). The Morgan fingerprint density at radius 2 is 1.93 bits per heavy atom. The van der Waals surface area contributed by atoms with E-state index in [4.69, 9.17) is 38.1 Å². The van der Waals surface area contributed by atoms with E-state index >= 15 is 0 Å². The van der Waals surface area contributed by atoms with Crippen LogP contribution in [0.3, 0.4) is 0 Å². The van der Waals surface area contributed by atoms with Crippen LogP contribution in [0.5, 0.6) is 5.75 Å². The summed E-state index contributed by atoms with van der Waals surface area (Å²) in [7, 11) is 0. The number of carbonyl (C=O) groups is 1. The number of ether oxygens (including phenoxy) is 1. The number of rotatable bonds is 6. The Morgan fingerprint density at radius 1 is 1.17 bits per heavy atom. The SMILES string of the molecule is CCOc1ccc(C(=O)NC(=S)Nc2ccc(Cl)c(-c3ccc(CO)o3)c2)cc1. The Kier molecular flexibility index (Phi) is 6.87. The molecular formula is C21H19ClN2O4S. The van der Waals surface area contributed by atoms with E-state index in [1.807, 2.05) is 6.92 Å². The zero-order valence-corrected chi connectivity index (χ0v) is 17.1. The molecule has 0 aliphatic carbocycles. The third kappa shape index (κ3) is 5.35. The molecule has 2 aromatic carbocycles. The Labute approximate surface area is 178 Å². The number of carbonyl (C=O) groups excluding carboxylic acids is 1. The fourth-order valence-corrected chi connectivity index (χ4v) is 3.03. The highest BCUT2D eigenvalue weighted by Crippen LogP contribution is 2.32. The lowest BCUT2D eigenvalue weighted by Crippen LogP contribution is -2.34. The van der Waals surface area contributed by atoms with Gasteiger partial charge in [-0.05, 0) is 73.7 Å². The molecule has 0 bridgehead atoms. The monoisotopic (exact) mass is 430 g/mol. The molecule has 1 amide bonds. The summed E-state index contributed by atoms with van der Waals surface area (Å²) in [4.78, 5) is 12.4. The lowest BCUT2D eigenvalue weighted by atomic mass is 10.1. The van der Waals surface area contributed by atoms with Gasteiger partial charge in [-0.15, -0.1) is 0 Å². The molecule has 0 saturated carbocycles. The molecule has 29 heavy (non-hydrogen) atoms. The first-order valence-corrected chi connectivity index (χ1v) is 9.63. The second-order valence-electron chi connectivity index (χ2n) is 5.98. The minimum atomic E-state index is -0.335. The van der Waals surface area contributed by atoms with Crippen molar-refractivity contribution in [1.29, 1.82) is 0 Å². The maximum absolute atomic E-state index is 12.4. The van der Waals surface area contributed by atoms with Gasteiger partial charge < -0.3 is 19.6 Å². The maximum atomic E-state index is 12.4. The number of benzene rings is 2. The van der Waals surface area contributed by atoms with Gasteiger partial charge in [0, 0.05) is 16.8 Å². The van der Waals surface area contributed by atoms with Gasteiger partial charge in [-0.2, -0.15) is 0 Å². The van der Waals surface area contributed by atoms with Crippen LogP contribution in [0.15, 0.2) is 59.0 Å². The molecule has 0 aliphatic heterocycles. The van der Waals surface area contributed by atoms with Crippen LogP contribution >= 0.6 is 23.8 Å². The smallest absolute Gasteiger partial charge is 0.257 e. The first-order valence-electron chi connectivity index (χ1n) is 8.85. The molecule has 0 unspecified atom stereocenters. The highest BCUT2D eigenvalue weighted by molar-refractivity contribution is 7.80. The number of thiocarbonyl (C=S) groups is 1. The van der Waals surface area contributed by atoms with Crippen LogP contribution in [0, 0.1) is 0 Å². The van der Waals surface area contributed by atoms with Crippen LogP contribution in [0.25, 0.3) is 11.3 Å². The van der Waals surface area contributed by atoms with Gasteiger partial charge in [0.05, 0.1) is 11.6 Å². The number of hydrogen-bond acceptors (Lipinski definition) is 5. The molecule has 3 N–H and O–H groups in total. The average Bonchev–Trinajstić information content (AvgIpc) is 3.19. The fraction of sp³-hybridized carbons (Fsp3) is 0.143. The van der Waals surface area contributed by atoms with Crippen LogP contribution in [0.1, 0.15) is 23.0 Å². The first-order chi connectivity index (χ1) is 14.0. The molecule has 0 atom stereocenters. The van der Waals surface area contributed by atoms with Crippen LogP contribution in [0.4, 0.5) is 5.69 Å². The lowest BCUT2D eigenvalue weighted by molar-refractivity contribution is 0.0977. The summed E-state index contributed by atoms with van der Waals surface area (Å²) in [5.41, 5.74) is 1.72. The molecule has 0 saturated heterocycles. The van der Waals surface area contributed by atoms with E-state index in [1.54, 1.807) is 54.6 Å². The summed E-state index contributed by atoms with van der Waals surface area (Å²) >= 11 is 11.5. The Bertz CT molecular complexity index is 1020. The number of amides is 1. The average molecular weight is 431 g/mol. The summed E-state index contributed by atoms with van der Waals surface area (Å²) in [5.74, 6) is 1.32. The van der Waals surface area contributed by atoms with Crippen molar-refractivity contribution in [2.24, 2.45) is 0 Å². The Morgan fingerprint density at radius 3 is 2.59 bits per heavy atom. The van der Waals surface area contributed by atoms with Crippen molar-refractivity contribution in [3.63, 3.8) is 0 Å². The van der Waals surface area contributed by atoms with E-state index in [9.17, 15) is 4.79 Å². The van der Waals surface area contributed by atoms with Crippen molar-refractivity contribution in [1.82, 2.24) is 5.32 Å². The normalized spacial score (nSPS) is 10.4. The Balaban J connectivity index is 1.67. The van der Waals surface area contributed by atoms with E-state index in [1.165, 1.54) is 0 Å². The predicted octanol–water partition coefficient (Wildman–Crippen LogP) is 4.62. The van der Waals surface area contributed by atoms with Gasteiger partial charge >= 0.3 is 0 Å². The summed E-state index contributed by atoms with van der Waals surface area (Å²) in [6.45, 7) is 2.25. The van der Waals surface area contributed by atoms with Crippen molar-refractivity contribution < 1.29 is 19.1 Å². The maximum Gasteiger partial charge on any atom is 0.257 e. The van der Waals surface area contributed by atoms with E-state index in [2.05, 4.69) is 10.6 Å². The molecule has 8 heteroatoms. The second-order valence-corrected chi connectivity index (χ2v) is 6.80. The topological polar surface area (TPSA) is 83.7 Å². The molecular weight excluding hydrogens is 412 g/mol. The van der Waals surface area contributed by atoms with E-state index < -0.39 is 0 Å². The molecule has 150 valence electrons. The van der Waals surface area contributed by atoms with Gasteiger partial charge in [0.25, 0.3) is 5.91 Å².